The fraction of sp³-hybridized carbons (Fsp3) is 0.200. The predicted octanol–water partition coefficient (Wildman–Crippen LogP) is -0.916. The van der Waals surface area contributed by atoms with Gasteiger partial charge in [-0.2, -0.15) is 0 Å². The first kappa shape index (κ1) is 14.1. The van der Waals surface area contributed by atoms with Crippen molar-refractivity contribution >= 4 is 15.6 Å². The molecule has 0 spiro atoms. The first-order valence-corrected chi connectivity index (χ1v) is 5.83. The van der Waals surface area contributed by atoms with Crippen molar-refractivity contribution in [2.45, 2.75) is 13.8 Å². The summed E-state index contributed by atoms with van der Waals surface area (Å²) < 4.78 is 0.658. The molecule has 0 saturated heterocycles. The van der Waals surface area contributed by atoms with Crippen molar-refractivity contribution in [3.63, 3.8) is 0 Å². The van der Waals surface area contributed by atoms with E-state index in [0.717, 1.165) is 0 Å². The van der Waals surface area contributed by atoms with Crippen LogP contribution >= 0.6 is 0 Å². The molecule has 0 aromatic carbocycles. The average molecular weight is 315 g/mol. The molecule has 96 valence electrons. The van der Waals surface area contributed by atoms with Crippen LogP contribution < -0.4 is 16.8 Å². The quantitative estimate of drug-likeness (QED) is 0.472. The van der Waals surface area contributed by atoms with Crippen LogP contribution in [-0.2, 0) is 0 Å². The van der Waals surface area contributed by atoms with Crippen molar-refractivity contribution in [3.05, 3.63) is 59.0 Å². The van der Waals surface area contributed by atoms with Gasteiger partial charge in [0, 0.05) is 11.8 Å². The molecule has 0 aliphatic rings. The second-order valence-electron chi connectivity index (χ2n) is 3.51. The Morgan fingerprint density at radius 2 is 1.39 bits per heavy atom. The molecule has 0 aliphatic heterocycles. The van der Waals surface area contributed by atoms with Crippen LogP contribution in [0.1, 0.15) is 11.1 Å². The zero-order valence-corrected chi connectivity index (χ0v) is 11.5. The SMILES string of the molecule is Cc1c[nH]c(=O)[nH]c1=O.Cc1c[nH]c(=[Se])[nH]c1=O. The summed E-state index contributed by atoms with van der Waals surface area (Å²) in [5.74, 6) is 0. The van der Waals surface area contributed by atoms with Gasteiger partial charge in [0.05, 0.1) is 0 Å². The zero-order chi connectivity index (χ0) is 13.7. The van der Waals surface area contributed by atoms with Crippen molar-refractivity contribution in [2.24, 2.45) is 0 Å². The molecule has 0 radical (unpaired) electrons. The van der Waals surface area contributed by atoms with Gasteiger partial charge in [0.15, 0.2) is 0 Å². The number of hydrogen-bond donors (Lipinski definition) is 4. The molecule has 2 rings (SSSR count). The average Bonchev–Trinajstić information content (AvgIpc) is 2.30. The fourth-order valence-electron chi connectivity index (χ4n) is 0.954. The molecule has 0 unspecified atom stereocenters. The van der Waals surface area contributed by atoms with Gasteiger partial charge in [-0.15, -0.1) is 0 Å². The van der Waals surface area contributed by atoms with Gasteiger partial charge >= 0.3 is 64.6 Å². The van der Waals surface area contributed by atoms with Crippen molar-refractivity contribution in [1.82, 2.24) is 19.9 Å². The second-order valence-corrected chi connectivity index (χ2v) is 4.37. The molecule has 0 aliphatic carbocycles. The van der Waals surface area contributed by atoms with E-state index in [-0.39, 0.29) is 11.1 Å². The Labute approximate surface area is 109 Å². The van der Waals surface area contributed by atoms with Gasteiger partial charge in [0.25, 0.3) is 5.56 Å². The number of H-pyrrole nitrogens is 4. The van der Waals surface area contributed by atoms with E-state index in [1.165, 1.54) is 6.20 Å². The van der Waals surface area contributed by atoms with Gasteiger partial charge in [-0.1, -0.05) is 0 Å². The van der Waals surface area contributed by atoms with Crippen molar-refractivity contribution in [2.75, 3.05) is 0 Å². The van der Waals surface area contributed by atoms with Crippen LogP contribution in [-0.4, -0.2) is 35.5 Å². The second kappa shape index (κ2) is 6.13. The number of aromatic nitrogens is 4. The van der Waals surface area contributed by atoms with Crippen LogP contribution in [0, 0.1) is 18.2 Å². The van der Waals surface area contributed by atoms with Gasteiger partial charge in [0.1, 0.15) is 0 Å². The first-order valence-electron chi connectivity index (χ1n) is 4.97. The molecule has 0 atom stereocenters. The number of nitrogens with one attached hydrogen (secondary N) is 4. The molecule has 8 heteroatoms. The van der Waals surface area contributed by atoms with E-state index < -0.39 is 5.69 Å². The first-order chi connectivity index (χ1) is 8.40. The molecular weight excluding hydrogens is 303 g/mol. The molecule has 0 bridgehead atoms. The van der Waals surface area contributed by atoms with Crippen LogP contribution in [0.2, 0.25) is 0 Å². The Hall–Kier alpha value is -1.92. The van der Waals surface area contributed by atoms with E-state index in [1.54, 1.807) is 20.0 Å². The van der Waals surface area contributed by atoms with Crippen LogP contribution in [0.15, 0.2) is 26.8 Å². The maximum absolute atomic E-state index is 10.7. The molecule has 0 saturated carbocycles. The third-order valence-electron chi connectivity index (χ3n) is 2.01. The van der Waals surface area contributed by atoms with E-state index in [2.05, 4.69) is 35.5 Å². The molecule has 7 nitrogen and oxygen atoms in total. The van der Waals surface area contributed by atoms with Crippen molar-refractivity contribution in [3.8, 4) is 0 Å². The summed E-state index contributed by atoms with van der Waals surface area (Å²) in [6.07, 6.45) is 3.03. The number of aryl methyl sites for hydroxylation is 2. The maximum atomic E-state index is 10.7. The standard InChI is InChI=1S/C5H6N2O2.C5H6N2OSe/c2*1-3-2-6-5(9)7-4(3)8/h2*2H,1H3,(H2,6,7,8,9). The fourth-order valence-corrected chi connectivity index (χ4v) is 1.27. The summed E-state index contributed by atoms with van der Waals surface area (Å²) in [5, 5.41) is 0. The number of rotatable bonds is 0. The third kappa shape index (κ3) is 4.15. The van der Waals surface area contributed by atoms with Crippen molar-refractivity contribution in [1.29, 1.82) is 0 Å². The van der Waals surface area contributed by atoms with E-state index in [0.29, 0.717) is 15.5 Å². The molecule has 0 amide bonds. The number of aromatic amines is 4. The van der Waals surface area contributed by atoms with E-state index >= 15 is 0 Å². The summed E-state index contributed by atoms with van der Waals surface area (Å²) in [6, 6.07) is 0. The van der Waals surface area contributed by atoms with E-state index in [4.69, 9.17) is 0 Å². The van der Waals surface area contributed by atoms with Gasteiger partial charge < -0.3 is 4.98 Å². The summed E-state index contributed by atoms with van der Waals surface area (Å²) in [7, 11) is 0. The summed E-state index contributed by atoms with van der Waals surface area (Å²) in [6.45, 7) is 3.36. The molecule has 2 heterocycles. The van der Waals surface area contributed by atoms with E-state index in [9.17, 15) is 14.4 Å². The summed E-state index contributed by atoms with van der Waals surface area (Å²) >= 11 is 2.66. The molecule has 0 fully saturated rings. The molecular formula is C10H12N4O3Se. The van der Waals surface area contributed by atoms with Crippen molar-refractivity contribution < 1.29 is 0 Å². The Bertz CT molecular complexity index is 687. The summed E-state index contributed by atoms with van der Waals surface area (Å²) in [4.78, 5) is 41.4. The molecule has 2 aromatic rings. The normalized spacial score (nSPS) is 9.44. The van der Waals surface area contributed by atoms with Gasteiger partial charge in [-0.25, -0.2) is 4.79 Å². The monoisotopic (exact) mass is 316 g/mol. The third-order valence-corrected chi connectivity index (χ3v) is 2.47. The van der Waals surface area contributed by atoms with Crippen LogP contribution in [0.3, 0.4) is 0 Å². The predicted molar refractivity (Wildman–Crippen MR) is 67.6 cm³/mol. The van der Waals surface area contributed by atoms with Gasteiger partial charge in [0.2, 0.25) is 0 Å². The van der Waals surface area contributed by atoms with Gasteiger partial charge in [-0.3, -0.25) is 9.78 Å². The molecule has 4 N–H and O–H groups in total. The molecule has 18 heavy (non-hydrogen) atoms. The van der Waals surface area contributed by atoms with Crippen LogP contribution in [0.4, 0.5) is 0 Å². The van der Waals surface area contributed by atoms with Gasteiger partial charge in [-0.05, 0) is 6.92 Å². The minimum absolute atomic E-state index is 0.0532. The van der Waals surface area contributed by atoms with Crippen LogP contribution in [0.5, 0.6) is 0 Å². The molecule has 2 aromatic heterocycles. The zero-order valence-electron chi connectivity index (χ0n) is 9.79. The minimum atomic E-state index is -0.467. The number of hydrogen-bond acceptors (Lipinski definition) is 3. The Morgan fingerprint density at radius 1 is 0.889 bits per heavy atom. The van der Waals surface area contributed by atoms with Crippen LogP contribution in [0.25, 0.3) is 0 Å². The summed E-state index contributed by atoms with van der Waals surface area (Å²) in [5.41, 5.74) is 0.343. The Morgan fingerprint density at radius 3 is 1.78 bits per heavy atom. The Kier molecular flexibility index (Phi) is 4.82. The van der Waals surface area contributed by atoms with E-state index in [1.807, 2.05) is 0 Å². The topological polar surface area (TPSA) is 114 Å². The Balaban J connectivity index is 0.000000180.